The van der Waals surface area contributed by atoms with Crippen LogP contribution >= 0.6 is 11.3 Å². The van der Waals surface area contributed by atoms with E-state index in [0.29, 0.717) is 12.6 Å². The van der Waals surface area contributed by atoms with Crippen LogP contribution in [0.1, 0.15) is 22.9 Å². The molecular weight excluding hydrogens is 382 g/mol. The van der Waals surface area contributed by atoms with E-state index < -0.39 is 0 Å². The number of anilines is 1. The van der Waals surface area contributed by atoms with E-state index in [1.54, 1.807) is 11.3 Å². The molecule has 3 heterocycles. The van der Waals surface area contributed by atoms with Crippen molar-refractivity contribution in [1.82, 2.24) is 25.4 Å². The van der Waals surface area contributed by atoms with Crippen LogP contribution in [0.5, 0.6) is 0 Å². The summed E-state index contributed by atoms with van der Waals surface area (Å²) in [6.07, 6.45) is 1.08. The number of hydrogen-bond acceptors (Lipinski definition) is 5. The van der Waals surface area contributed by atoms with E-state index in [1.165, 1.54) is 10.6 Å². The predicted octanol–water partition coefficient (Wildman–Crippen LogP) is 2.70. The van der Waals surface area contributed by atoms with Gasteiger partial charge in [0.05, 0.1) is 6.54 Å². The Labute approximate surface area is 175 Å². The molecule has 1 atom stereocenters. The fourth-order valence-corrected chi connectivity index (χ4v) is 4.06. The summed E-state index contributed by atoms with van der Waals surface area (Å²) in [4.78, 5) is 8.49. The lowest BCUT2D eigenvalue weighted by molar-refractivity contribution is 0.644. The van der Waals surface area contributed by atoms with Gasteiger partial charge in [0.15, 0.2) is 11.8 Å². The van der Waals surface area contributed by atoms with Crippen LogP contribution in [0.25, 0.3) is 0 Å². The summed E-state index contributed by atoms with van der Waals surface area (Å²) >= 11 is 1.75. The number of aliphatic imine (C=N–C) groups is 1. The number of nitrogens with one attached hydrogen (secondary N) is 2. The van der Waals surface area contributed by atoms with Gasteiger partial charge < -0.3 is 20.1 Å². The van der Waals surface area contributed by atoms with Crippen molar-refractivity contribution in [3.63, 3.8) is 0 Å². The SMILES string of the molecule is Cc1nnc(CN=C(NCc2cccs2)NC2CCN(c3ccccc3)C2)n1C. The fourth-order valence-electron chi connectivity index (χ4n) is 3.42. The van der Waals surface area contributed by atoms with Crippen molar-refractivity contribution in [2.24, 2.45) is 12.0 Å². The molecule has 1 unspecified atom stereocenters. The van der Waals surface area contributed by atoms with Gasteiger partial charge in [0.25, 0.3) is 0 Å². The van der Waals surface area contributed by atoms with Crippen LogP contribution in [0.3, 0.4) is 0 Å². The van der Waals surface area contributed by atoms with Gasteiger partial charge in [0.1, 0.15) is 12.4 Å². The summed E-state index contributed by atoms with van der Waals surface area (Å²) < 4.78 is 1.98. The average molecular weight is 410 g/mol. The van der Waals surface area contributed by atoms with Crippen molar-refractivity contribution in [3.8, 4) is 0 Å². The molecule has 2 aromatic heterocycles. The molecule has 0 radical (unpaired) electrons. The highest BCUT2D eigenvalue weighted by atomic mass is 32.1. The maximum absolute atomic E-state index is 4.79. The molecule has 1 fully saturated rings. The number of benzene rings is 1. The number of para-hydroxylation sites is 1. The lowest BCUT2D eigenvalue weighted by Crippen LogP contribution is -2.44. The van der Waals surface area contributed by atoms with Gasteiger partial charge in [0, 0.05) is 36.7 Å². The van der Waals surface area contributed by atoms with Crippen LogP contribution in [0, 0.1) is 6.92 Å². The molecule has 3 aromatic rings. The number of thiophene rings is 1. The van der Waals surface area contributed by atoms with Crippen LogP contribution in [0.4, 0.5) is 5.69 Å². The molecule has 4 rings (SSSR count). The van der Waals surface area contributed by atoms with E-state index in [4.69, 9.17) is 4.99 Å². The minimum Gasteiger partial charge on any atom is -0.369 e. The number of aromatic nitrogens is 3. The number of aryl methyl sites for hydroxylation is 1. The van der Waals surface area contributed by atoms with E-state index in [1.807, 2.05) is 18.5 Å². The Balaban J connectivity index is 1.42. The number of guanidine groups is 1. The molecule has 2 N–H and O–H groups in total. The van der Waals surface area contributed by atoms with Crippen molar-refractivity contribution in [1.29, 1.82) is 0 Å². The minimum absolute atomic E-state index is 0.353. The van der Waals surface area contributed by atoms with Gasteiger partial charge in [-0.15, -0.1) is 21.5 Å². The first-order chi connectivity index (χ1) is 14.2. The smallest absolute Gasteiger partial charge is 0.192 e. The van der Waals surface area contributed by atoms with E-state index in [9.17, 15) is 0 Å². The molecule has 0 aliphatic carbocycles. The Morgan fingerprint density at radius 2 is 2.07 bits per heavy atom. The van der Waals surface area contributed by atoms with Gasteiger partial charge in [-0.25, -0.2) is 4.99 Å². The van der Waals surface area contributed by atoms with Gasteiger partial charge in [-0.05, 0) is 36.9 Å². The molecule has 1 aromatic carbocycles. The maximum atomic E-state index is 4.79. The minimum atomic E-state index is 0.353. The monoisotopic (exact) mass is 409 g/mol. The van der Waals surface area contributed by atoms with E-state index >= 15 is 0 Å². The zero-order valence-corrected chi connectivity index (χ0v) is 17.7. The highest BCUT2D eigenvalue weighted by Gasteiger charge is 2.23. The fraction of sp³-hybridized carbons (Fsp3) is 0.381. The first kappa shape index (κ1) is 19.4. The summed E-state index contributed by atoms with van der Waals surface area (Å²) in [7, 11) is 1.97. The van der Waals surface area contributed by atoms with Crippen molar-refractivity contribution in [2.75, 3.05) is 18.0 Å². The second kappa shape index (κ2) is 9.09. The van der Waals surface area contributed by atoms with Gasteiger partial charge in [-0.1, -0.05) is 24.3 Å². The predicted molar refractivity (Wildman–Crippen MR) is 118 cm³/mol. The van der Waals surface area contributed by atoms with Crippen molar-refractivity contribution >= 4 is 23.0 Å². The van der Waals surface area contributed by atoms with Crippen LogP contribution in [-0.4, -0.2) is 39.9 Å². The number of nitrogens with zero attached hydrogens (tertiary/aromatic N) is 5. The average Bonchev–Trinajstić information content (AvgIpc) is 3.49. The van der Waals surface area contributed by atoms with Crippen LogP contribution in [0.15, 0.2) is 52.8 Å². The lowest BCUT2D eigenvalue weighted by atomic mass is 10.2. The standard InChI is InChI=1S/C21H27N7S/c1-16-25-26-20(27(16)2)14-23-21(22-13-19-9-6-12-29-19)24-17-10-11-28(15-17)18-7-4-3-5-8-18/h3-9,12,17H,10-11,13-15H2,1-2H3,(H2,22,23,24). The summed E-state index contributed by atoms with van der Waals surface area (Å²) in [6.45, 7) is 5.21. The van der Waals surface area contributed by atoms with Gasteiger partial charge in [-0.3, -0.25) is 0 Å². The highest BCUT2D eigenvalue weighted by molar-refractivity contribution is 7.09. The van der Waals surface area contributed by atoms with Gasteiger partial charge in [0.2, 0.25) is 0 Å². The van der Waals surface area contributed by atoms with Crippen LogP contribution in [-0.2, 0) is 20.1 Å². The molecule has 0 saturated carbocycles. The Kier molecular flexibility index (Phi) is 6.09. The third kappa shape index (κ3) is 4.95. The first-order valence-corrected chi connectivity index (χ1v) is 10.8. The number of rotatable bonds is 6. The molecule has 0 bridgehead atoms. The van der Waals surface area contributed by atoms with Crippen LogP contribution in [0.2, 0.25) is 0 Å². The Morgan fingerprint density at radius 3 is 2.79 bits per heavy atom. The van der Waals surface area contributed by atoms with E-state index in [-0.39, 0.29) is 0 Å². The summed E-state index contributed by atoms with van der Waals surface area (Å²) in [5.41, 5.74) is 1.27. The molecule has 7 nitrogen and oxygen atoms in total. The molecule has 1 aliphatic heterocycles. The third-order valence-corrected chi connectivity index (χ3v) is 6.10. The molecule has 8 heteroatoms. The quantitative estimate of drug-likeness (QED) is 0.484. The largest absolute Gasteiger partial charge is 0.369 e. The first-order valence-electron chi connectivity index (χ1n) is 9.91. The zero-order chi connectivity index (χ0) is 20.1. The molecule has 0 spiro atoms. The molecule has 152 valence electrons. The van der Waals surface area contributed by atoms with Gasteiger partial charge in [-0.2, -0.15) is 0 Å². The lowest BCUT2D eigenvalue weighted by Gasteiger charge is -2.20. The summed E-state index contributed by atoms with van der Waals surface area (Å²) in [6, 6.07) is 15.1. The second-order valence-corrected chi connectivity index (χ2v) is 8.26. The van der Waals surface area contributed by atoms with Gasteiger partial charge >= 0.3 is 0 Å². The molecular formula is C21H27N7S. The van der Waals surface area contributed by atoms with E-state index in [0.717, 1.165) is 43.7 Å². The van der Waals surface area contributed by atoms with Crippen molar-refractivity contribution in [3.05, 3.63) is 64.4 Å². The highest BCUT2D eigenvalue weighted by Crippen LogP contribution is 2.19. The Hall–Kier alpha value is -2.87. The van der Waals surface area contributed by atoms with E-state index in [2.05, 4.69) is 73.6 Å². The third-order valence-electron chi connectivity index (χ3n) is 5.22. The Bertz CT molecular complexity index is 933. The zero-order valence-electron chi connectivity index (χ0n) is 16.9. The number of hydrogen-bond donors (Lipinski definition) is 2. The van der Waals surface area contributed by atoms with Crippen LogP contribution < -0.4 is 15.5 Å². The molecule has 29 heavy (non-hydrogen) atoms. The van der Waals surface area contributed by atoms with Crippen molar-refractivity contribution < 1.29 is 0 Å². The summed E-state index contributed by atoms with van der Waals surface area (Å²) in [5.74, 6) is 2.57. The molecule has 1 aliphatic rings. The summed E-state index contributed by atoms with van der Waals surface area (Å²) in [5, 5.41) is 17.5. The topological polar surface area (TPSA) is 70.4 Å². The second-order valence-electron chi connectivity index (χ2n) is 7.23. The Morgan fingerprint density at radius 1 is 1.21 bits per heavy atom. The normalized spacial score (nSPS) is 17.0. The maximum Gasteiger partial charge on any atom is 0.192 e. The molecule has 1 saturated heterocycles. The molecule has 0 amide bonds. The van der Waals surface area contributed by atoms with Crippen molar-refractivity contribution in [2.45, 2.75) is 32.5 Å².